The van der Waals surface area contributed by atoms with Crippen LogP contribution in [0.3, 0.4) is 0 Å². The summed E-state index contributed by atoms with van der Waals surface area (Å²) in [5, 5.41) is 13.5. The van der Waals surface area contributed by atoms with Gasteiger partial charge >= 0.3 is 0 Å². The highest BCUT2D eigenvalue weighted by atomic mass is 35.5. The summed E-state index contributed by atoms with van der Waals surface area (Å²) in [5.41, 5.74) is 7.48. The summed E-state index contributed by atoms with van der Waals surface area (Å²) < 4.78 is 7.36. The molecule has 1 saturated heterocycles. The molecule has 0 saturated carbocycles. The van der Waals surface area contributed by atoms with Crippen LogP contribution < -0.4 is 20.9 Å². The normalized spacial score (nSPS) is 18.6. The van der Waals surface area contributed by atoms with Gasteiger partial charge in [-0.1, -0.05) is 11.6 Å². The Morgan fingerprint density at radius 1 is 1.14 bits per heavy atom. The van der Waals surface area contributed by atoms with E-state index >= 15 is 0 Å². The maximum atomic E-state index is 6.72. The van der Waals surface area contributed by atoms with Crippen LogP contribution in [0.1, 0.15) is 22.8 Å². The number of aliphatic imine (C=N–C) groups is 1. The summed E-state index contributed by atoms with van der Waals surface area (Å²) in [6, 6.07) is 10.4. The number of benzene rings is 1. The lowest BCUT2D eigenvalue weighted by molar-refractivity contribution is 0.122. The van der Waals surface area contributed by atoms with Crippen molar-refractivity contribution in [2.45, 2.75) is 19.9 Å². The topological polar surface area (TPSA) is 108 Å². The minimum Gasteiger partial charge on any atom is -0.378 e. The number of hydrogen-bond donors (Lipinski definition) is 2. The number of H-pyrrole nitrogens is 1. The van der Waals surface area contributed by atoms with E-state index in [1.54, 1.807) is 6.33 Å². The summed E-state index contributed by atoms with van der Waals surface area (Å²) in [5.74, 6) is 1.42. The van der Waals surface area contributed by atoms with Gasteiger partial charge in [-0.05, 0) is 48.9 Å². The third-order valence-corrected chi connectivity index (χ3v) is 7.23. The number of ether oxygens (including phenoxy) is 1. The molecular weight excluding hydrogens is 490 g/mol. The number of nitrogens with zero attached hydrogens (tertiary/aromatic N) is 7. The smallest absolute Gasteiger partial charge is 0.224 e. The van der Waals surface area contributed by atoms with E-state index in [1.807, 2.05) is 17.4 Å². The number of aryl methyl sites for hydroxylation is 1. The van der Waals surface area contributed by atoms with Crippen LogP contribution in [-0.4, -0.2) is 56.8 Å². The Morgan fingerprint density at radius 3 is 2.81 bits per heavy atom. The molecule has 37 heavy (non-hydrogen) atoms. The van der Waals surface area contributed by atoms with Crippen LogP contribution in [0.2, 0.25) is 0 Å². The average molecular weight is 514 g/mol. The summed E-state index contributed by atoms with van der Waals surface area (Å²) in [6.45, 7) is 5.77. The number of nitrogens with one attached hydrogen (secondary N) is 2. The molecule has 3 aromatic heterocycles. The van der Waals surface area contributed by atoms with Crippen molar-refractivity contribution in [2.75, 3.05) is 36.5 Å². The zero-order valence-electron chi connectivity index (χ0n) is 20.2. The van der Waals surface area contributed by atoms with E-state index in [9.17, 15) is 0 Å². The Kier molecular flexibility index (Phi) is 5.29. The Labute approximate surface area is 217 Å². The van der Waals surface area contributed by atoms with Gasteiger partial charge in [-0.2, -0.15) is 4.99 Å². The lowest BCUT2D eigenvalue weighted by Crippen LogP contribution is -2.36. The molecule has 2 aliphatic heterocycles. The van der Waals surface area contributed by atoms with Crippen molar-refractivity contribution < 1.29 is 4.74 Å². The molecule has 7 rings (SSSR count). The van der Waals surface area contributed by atoms with Gasteiger partial charge in [0.2, 0.25) is 5.96 Å². The Bertz CT molecular complexity index is 1710. The number of halogens is 1. The molecule has 0 amide bonds. The molecule has 0 unspecified atom stereocenters. The number of allylic oxidation sites excluding steroid dienone is 1. The lowest BCUT2D eigenvalue weighted by Gasteiger charge is -2.28. The fourth-order valence-electron chi connectivity index (χ4n) is 5.07. The van der Waals surface area contributed by atoms with Crippen LogP contribution in [0, 0.1) is 6.92 Å². The van der Waals surface area contributed by atoms with E-state index in [1.165, 1.54) is 5.69 Å². The van der Waals surface area contributed by atoms with Crippen LogP contribution in [0.15, 0.2) is 51.7 Å². The maximum Gasteiger partial charge on any atom is 0.224 e. The molecular formula is C26H24ClN9O. The first kappa shape index (κ1) is 22.2. The van der Waals surface area contributed by atoms with Crippen molar-refractivity contribution in [3.05, 3.63) is 75.2 Å². The fraction of sp³-hybridized carbons (Fsp3) is 0.269. The largest absolute Gasteiger partial charge is 0.378 e. The van der Waals surface area contributed by atoms with Gasteiger partial charge < -0.3 is 19.9 Å². The molecule has 1 aromatic carbocycles. The molecule has 3 aliphatic rings. The Balaban J connectivity index is 1.23. The SMILES string of the molecule is Cc1nc2c([nH]1)CC(=c1cc3c(n4cnnc14)=NC(Nc1ccc(N4CCOCC4)cc1)=NC3)C(Cl)=C2. The van der Waals surface area contributed by atoms with Crippen molar-refractivity contribution in [3.63, 3.8) is 0 Å². The molecule has 186 valence electrons. The van der Waals surface area contributed by atoms with E-state index in [4.69, 9.17) is 26.3 Å². The van der Waals surface area contributed by atoms with Crippen LogP contribution >= 0.6 is 11.6 Å². The van der Waals surface area contributed by atoms with E-state index in [0.717, 1.165) is 71.0 Å². The molecule has 1 fully saturated rings. The number of pyridine rings is 1. The second-order valence-electron chi connectivity index (χ2n) is 9.29. The number of aromatic amines is 1. The minimum absolute atomic E-state index is 0.483. The first-order valence-electron chi connectivity index (χ1n) is 12.2. The third kappa shape index (κ3) is 3.98. The van der Waals surface area contributed by atoms with E-state index in [-0.39, 0.29) is 0 Å². The zero-order valence-corrected chi connectivity index (χ0v) is 21.0. The molecule has 11 heteroatoms. The molecule has 1 aliphatic carbocycles. The summed E-state index contributed by atoms with van der Waals surface area (Å²) >= 11 is 6.72. The monoisotopic (exact) mass is 513 g/mol. The lowest BCUT2D eigenvalue weighted by atomic mass is 9.99. The number of guanidine groups is 1. The van der Waals surface area contributed by atoms with Crippen LogP contribution in [0.25, 0.3) is 17.3 Å². The average Bonchev–Trinajstić information content (AvgIpc) is 3.55. The van der Waals surface area contributed by atoms with Crippen LogP contribution in [-0.2, 0) is 17.7 Å². The van der Waals surface area contributed by atoms with Gasteiger partial charge in [-0.3, -0.25) is 4.40 Å². The first-order chi connectivity index (χ1) is 18.1. The summed E-state index contributed by atoms with van der Waals surface area (Å²) in [4.78, 5) is 19.7. The number of rotatable bonds is 2. The number of morpholine rings is 1. The van der Waals surface area contributed by atoms with Crippen LogP contribution in [0.5, 0.6) is 0 Å². The van der Waals surface area contributed by atoms with E-state index in [2.05, 4.69) is 60.7 Å². The second-order valence-corrected chi connectivity index (χ2v) is 9.70. The Hall–Kier alpha value is -4.02. The third-order valence-electron chi connectivity index (χ3n) is 6.89. The van der Waals surface area contributed by atoms with Crippen molar-refractivity contribution in [1.82, 2.24) is 24.6 Å². The van der Waals surface area contributed by atoms with Crippen LogP contribution in [0.4, 0.5) is 11.4 Å². The molecule has 10 nitrogen and oxygen atoms in total. The number of fused-ring (bicyclic) bond motifs is 4. The van der Waals surface area contributed by atoms with Gasteiger partial charge in [0.15, 0.2) is 5.65 Å². The fourth-order valence-corrected chi connectivity index (χ4v) is 5.34. The highest BCUT2D eigenvalue weighted by Gasteiger charge is 2.21. The van der Waals surface area contributed by atoms with Crippen molar-refractivity contribution >= 4 is 46.2 Å². The molecule has 4 aromatic rings. The van der Waals surface area contributed by atoms with Crippen molar-refractivity contribution in [1.29, 1.82) is 0 Å². The molecule has 0 radical (unpaired) electrons. The number of imidazole rings is 1. The molecule has 0 spiro atoms. The predicted molar refractivity (Wildman–Crippen MR) is 142 cm³/mol. The second kappa shape index (κ2) is 8.82. The van der Waals surface area contributed by atoms with E-state index < -0.39 is 0 Å². The van der Waals surface area contributed by atoms with Gasteiger partial charge in [-0.25, -0.2) is 9.98 Å². The van der Waals surface area contributed by atoms with Gasteiger partial charge in [0.05, 0.1) is 25.5 Å². The first-order valence-corrected chi connectivity index (χ1v) is 12.6. The highest BCUT2D eigenvalue weighted by Crippen LogP contribution is 2.29. The zero-order chi connectivity index (χ0) is 24.9. The standard InChI is InChI=1S/C26H24ClN9O/c1-15-30-22-11-19(21(27)12-23(22)31-15)20-10-16-13-28-26(33-24(16)36-14-29-34-25(20)36)32-17-2-4-18(5-3-17)35-6-8-37-9-7-35/h2-5,10,12,14H,6-9,11,13H2,1H3,(H,28,32)(H,30,31). The van der Waals surface area contributed by atoms with Gasteiger partial charge in [-0.15, -0.1) is 10.2 Å². The minimum atomic E-state index is 0.483. The van der Waals surface area contributed by atoms with E-state index in [0.29, 0.717) is 29.6 Å². The maximum absolute atomic E-state index is 6.72. The highest BCUT2D eigenvalue weighted by molar-refractivity contribution is 6.38. The van der Waals surface area contributed by atoms with Gasteiger partial charge in [0, 0.05) is 52.4 Å². The predicted octanol–water partition coefficient (Wildman–Crippen LogP) is 2.19. The number of hydrogen-bond acceptors (Lipinski definition) is 8. The van der Waals surface area contributed by atoms with Crippen molar-refractivity contribution in [2.24, 2.45) is 9.98 Å². The van der Waals surface area contributed by atoms with Gasteiger partial charge in [0.25, 0.3) is 0 Å². The molecule has 2 N–H and O–H groups in total. The summed E-state index contributed by atoms with van der Waals surface area (Å²) in [6.07, 6.45) is 4.23. The molecule has 0 atom stereocenters. The quantitative estimate of drug-likeness (QED) is 0.425. The summed E-state index contributed by atoms with van der Waals surface area (Å²) in [7, 11) is 0. The molecule has 0 bridgehead atoms. The van der Waals surface area contributed by atoms with Gasteiger partial charge in [0.1, 0.15) is 17.6 Å². The molecule has 5 heterocycles. The number of aromatic nitrogens is 5. The Morgan fingerprint density at radius 2 is 1.97 bits per heavy atom. The number of anilines is 2. The van der Waals surface area contributed by atoms with Crippen molar-refractivity contribution in [3.8, 4) is 0 Å².